The van der Waals surface area contributed by atoms with Gasteiger partial charge in [0.1, 0.15) is 17.6 Å². The molecule has 1 unspecified atom stereocenters. The van der Waals surface area contributed by atoms with Gasteiger partial charge in [-0.15, -0.1) is 0 Å². The van der Waals surface area contributed by atoms with Gasteiger partial charge in [0, 0.05) is 18.2 Å². The Morgan fingerprint density at radius 2 is 1.76 bits per heavy atom. The molecule has 2 aromatic carbocycles. The number of aliphatic hydroxyl groups excluding tert-OH is 1. The van der Waals surface area contributed by atoms with Crippen LogP contribution in [0, 0.1) is 0 Å². The van der Waals surface area contributed by atoms with Gasteiger partial charge in [-0.1, -0.05) is 6.07 Å². The highest BCUT2D eigenvalue weighted by Gasteiger charge is 2.42. The molecule has 0 bridgehead atoms. The van der Waals surface area contributed by atoms with Gasteiger partial charge in [-0.2, -0.15) is 0 Å². The largest absolute Gasteiger partial charge is 0.493 e. The quantitative estimate of drug-likeness (QED) is 0.553. The molecular formula is C22H26N2O8S. The minimum atomic E-state index is -4.02. The Hall–Kier alpha value is -3.31. The lowest BCUT2D eigenvalue weighted by Crippen LogP contribution is -2.36. The van der Waals surface area contributed by atoms with Crippen molar-refractivity contribution in [3.63, 3.8) is 0 Å². The monoisotopic (exact) mass is 478 g/mol. The predicted molar refractivity (Wildman–Crippen MR) is 118 cm³/mol. The van der Waals surface area contributed by atoms with Crippen LogP contribution in [0.4, 0.5) is 0 Å². The lowest BCUT2D eigenvalue weighted by atomic mass is 10.1. The molecule has 2 N–H and O–H groups in total. The van der Waals surface area contributed by atoms with E-state index in [1.165, 1.54) is 32.4 Å². The van der Waals surface area contributed by atoms with Crippen LogP contribution in [0.5, 0.6) is 17.2 Å². The number of hydrogen-bond donors (Lipinski definition) is 2. The number of carbonyl (C=O) groups is 2. The number of rotatable bonds is 9. The highest BCUT2D eigenvalue weighted by atomic mass is 32.2. The topological polar surface area (TPSA) is 131 Å². The molecule has 11 heteroatoms. The fraction of sp³-hybridized carbons (Fsp3) is 0.364. The van der Waals surface area contributed by atoms with Gasteiger partial charge in [0.15, 0.2) is 11.5 Å². The zero-order chi connectivity index (χ0) is 24.3. The molecule has 1 heterocycles. The van der Waals surface area contributed by atoms with E-state index in [9.17, 15) is 23.1 Å². The highest BCUT2D eigenvalue weighted by Crippen LogP contribution is 2.37. The highest BCUT2D eigenvalue weighted by molar-refractivity contribution is 7.90. The smallest absolute Gasteiger partial charge is 0.269 e. The van der Waals surface area contributed by atoms with Gasteiger partial charge >= 0.3 is 0 Å². The van der Waals surface area contributed by atoms with E-state index in [1.807, 2.05) is 0 Å². The van der Waals surface area contributed by atoms with E-state index in [1.54, 1.807) is 32.0 Å². The van der Waals surface area contributed by atoms with Crippen molar-refractivity contribution < 1.29 is 37.3 Å². The third-order valence-electron chi connectivity index (χ3n) is 4.98. The first-order chi connectivity index (χ1) is 15.6. The number of nitrogens with zero attached hydrogens (tertiary/aromatic N) is 1. The summed E-state index contributed by atoms with van der Waals surface area (Å²) in [6.45, 7) is 2.88. The molecule has 0 aliphatic carbocycles. The summed E-state index contributed by atoms with van der Waals surface area (Å²) in [4.78, 5) is 24.7. The fourth-order valence-corrected chi connectivity index (χ4v) is 5.20. The molecule has 178 valence electrons. The second-order valence-electron chi connectivity index (χ2n) is 7.58. The normalized spacial score (nSPS) is 15.2. The van der Waals surface area contributed by atoms with Crippen molar-refractivity contribution >= 4 is 21.8 Å². The van der Waals surface area contributed by atoms with E-state index < -0.39 is 34.0 Å². The minimum absolute atomic E-state index is 0.0273. The van der Waals surface area contributed by atoms with Gasteiger partial charge in [-0.3, -0.25) is 9.59 Å². The summed E-state index contributed by atoms with van der Waals surface area (Å²) in [6, 6.07) is 8.39. The molecule has 3 rings (SSSR count). The molecule has 0 fully saturated rings. The molecule has 2 aromatic rings. The van der Waals surface area contributed by atoms with E-state index in [4.69, 9.17) is 14.2 Å². The number of fused-ring (bicyclic) bond motifs is 1. The number of sulfonamides is 1. The van der Waals surface area contributed by atoms with Crippen LogP contribution in [0.3, 0.4) is 0 Å². The molecule has 0 saturated heterocycles. The lowest BCUT2D eigenvalue weighted by molar-refractivity contribution is 0.0830. The van der Waals surface area contributed by atoms with E-state index in [-0.39, 0.29) is 29.2 Å². The van der Waals surface area contributed by atoms with E-state index in [2.05, 4.69) is 5.32 Å². The van der Waals surface area contributed by atoms with Crippen LogP contribution >= 0.6 is 0 Å². The van der Waals surface area contributed by atoms with Crippen molar-refractivity contribution in [1.29, 1.82) is 0 Å². The molecule has 2 amide bonds. The number of benzene rings is 2. The summed E-state index contributed by atoms with van der Waals surface area (Å²) in [6.07, 6.45) is -1.07. The van der Waals surface area contributed by atoms with Crippen molar-refractivity contribution in [3.8, 4) is 17.2 Å². The number of amides is 2. The van der Waals surface area contributed by atoms with Gasteiger partial charge in [-0.05, 0) is 44.2 Å². The van der Waals surface area contributed by atoms with Gasteiger partial charge in [0.2, 0.25) is 5.75 Å². The Balaban J connectivity index is 1.65. The Bertz CT molecular complexity index is 1140. The second kappa shape index (κ2) is 9.67. The molecule has 1 aliphatic heterocycles. The molecule has 0 aromatic heterocycles. The Labute approximate surface area is 192 Å². The number of para-hydroxylation sites is 1. The standard InChI is InChI=1S/C22H26N2O8S/c1-13(2)24-22(27)16-9-8-14(10-19(16)33(24,28)29)21(26)23-11-15(25)12-32-20-17(30-3)6-5-7-18(20)31-4/h5-10,13,15,25H,11-12H2,1-4H3,(H,23,26). The van der Waals surface area contributed by atoms with Crippen LogP contribution in [0.2, 0.25) is 0 Å². The average molecular weight is 479 g/mol. The van der Waals surface area contributed by atoms with Gasteiger partial charge in [-0.25, -0.2) is 12.7 Å². The maximum atomic E-state index is 12.7. The molecular weight excluding hydrogens is 452 g/mol. The van der Waals surface area contributed by atoms with Gasteiger partial charge < -0.3 is 24.6 Å². The Morgan fingerprint density at radius 1 is 1.12 bits per heavy atom. The first-order valence-corrected chi connectivity index (χ1v) is 11.6. The number of carbonyl (C=O) groups excluding carboxylic acids is 2. The molecule has 1 atom stereocenters. The zero-order valence-electron chi connectivity index (χ0n) is 18.7. The first-order valence-electron chi connectivity index (χ1n) is 10.1. The molecule has 1 aliphatic rings. The summed E-state index contributed by atoms with van der Waals surface area (Å²) >= 11 is 0. The maximum Gasteiger partial charge on any atom is 0.269 e. The molecule has 0 radical (unpaired) electrons. The van der Waals surface area contributed by atoms with Crippen molar-refractivity contribution in [2.24, 2.45) is 0 Å². The van der Waals surface area contributed by atoms with E-state index in [0.29, 0.717) is 17.2 Å². The average Bonchev–Trinajstić information content (AvgIpc) is 3.00. The van der Waals surface area contributed by atoms with Crippen molar-refractivity contribution in [1.82, 2.24) is 9.62 Å². The van der Waals surface area contributed by atoms with Crippen LogP contribution in [-0.4, -0.2) is 69.2 Å². The summed E-state index contributed by atoms with van der Waals surface area (Å²) in [5.74, 6) is -0.0513. The van der Waals surface area contributed by atoms with Crippen LogP contribution in [0.15, 0.2) is 41.3 Å². The number of methoxy groups -OCH3 is 2. The number of aliphatic hydroxyl groups is 1. The zero-order valence-corrected chi connectivity index (χ0v) is 19.5. The Morgan fingerprint density at radius 3 is 2.33 bits per heavy atom. The van der Waals surface area contributed by atoms with E-state index in [0.717, 1.165) is 4.31 Å². The first kappa shape index (κ1) is 24.3. The number of hydrogen-bond acceptors (Lipinski definition) is 8. The van der Waals surface area contributed by atoms with E-state index >= 15 is 0 Å². The maximum absolute atomic E-state index is 12.7. The van der Waals surface area contributed by atoms with Crippen LogP contribution in [0.25, 0.3) is 0 Å². The lowest BCUT2D eigenvalue weighted by Gasteiger charge is -2.18. The molecule has 33 heavy (non-hydrogen) atoms. The van der Waals surface area contributed by atoms with Crippen molar-refractivity contribution in [2.45, 2.75) is 30.9 Å². The summed E-state index contributed by atoms with van der Waals surface area (Å²) < 4.78 is 42.3. The molecule has 0 saturated carbocycles. The minimum Gasteiger partial charge on any atom is -0.493 e. The van der Waals surface area contributed by atoms with Crippen LogP contribution < -0.4 is 19.5 Å². The SMILES string of the molecule is COc1cccc(OC)c1OCC(O)CNC(=O)c1ccc2c(c1)S(=O)(=O)N(C(C)C)C2=O. The molecule has 10 nitrogen and oxygen atoms in total. The third-order valence-corrected chi connectivity index (χ3v) is 6.98. The predicted octanol–water partition coefficient (Wildman–Crippen LogP) is 1.43. The van der Waals surface area contributed by atoms with Gasteiger partial charge in [0.05, 0.1) is 19.8 Å². The fourth-order valence-electron chi connectivity index (χ4n) is 3.41. The van der Waals surface area contributed by atoms with Crippen molar-refractivity contribution in [2.75, 3.05) is 27.4 Å². The number of nitrogens with one attached hydrogen (secondary N) is 1. The van der Waals surface area contributed by atoms with Crippen LogP contribution in [0.1, 0.15) is 34.6 Å². The van der Waals surface area contributed by atoms with Crippen molar-refractivity contribution in [3.05, 3.63) is 47.5 Å². The summed E-state index contributed by atoms with van der Waals surface area (Å²) in [7, 11) is -1.07. The molecule has 0 spiro atoms. The summed E-state index contributed by atoms with van der Waals surface area (Å²) in [5, 5.41) is 12.8. The second-order valence-corrected chi connectivity index (χ2v) is 9.36. The third kappa shape index (κ3) is 4.74. The van der Waals surface area contributed by atoms with Gasteiger partial charge in [0.25, 0.3) is 21.8 Å². The number of ether oxygens (including phenoxy) is 3. The summed E-state index contributed by atoms with van der Waals surface area (Å²) in [5.41, 5.74) is 0.0784. The van der Waals surface area contributed by atoms with Crippen LogP contribution in [-0.2, 0) is 10.0 Å². The Kier molecular flexibility index (Phi) is 7.13.